The van der Waals surface area contributed by atoms with Crippen LogP contribution in [-0.2, 0) is 14.6 Å². The Morgan fingerprint density at radius 3 is 2.56 bits per heavy atom. The molecule has 0 aromatic heterocycles. The Kier molecular flexibility index (Phi) is 5.02. The molecule has 0 radical (unpaired) electrons. The molecule has 3 rings (SSSR count). The minimum absolute atomic E-state index is 0.00357. The van der Waals surface area contributed by atoms with Gasteiger partial charge in [-0.3, -0.25) is 4.79 Å². The number of carbonyl (C=O) groups is 1. The Bertz CT molecular complexity index is 776. The Hall–Kier alpha value is -1.67. The molecule has 2 N–H and O–H groups in total. The third-order valence-electron chi connectivity index (χ3n) is 4.98. The maximum atomic E-state index is 14.3. The molecule has 2 aliphatic heterocycles. The Balaban J connectivity index is 1.75. The number of amides is 1. The molecular weight excluding hydrogens is 345 g/mol. The van der Waals surface area contributed by atoms with Crippen LogP contribution in [0.4, 0.5) is 10.1 Å². The van der Waals surface area contributed by atoms with Gasteiger partial charge in [-0.25, -0.2) is 12.8 Å². The summed E-state index contributed by atoms with van der Waals surface area (Å²) in [7, 11) is -3.48. The van der Waals surface area contributed by atoms with Crippen molar-refractivity contribution in [3.05, 3.63) is 23.5 Å². The summed E-state index contributed by atoms with van der Waals surface area (Å²) in [5.74, 6) is -0.657. The van der Waals surface area contributed by atoms with Crippen LogP contribution in [0, 0.1) is 12.7 Å². The van der Waals surface area contributed by atoms with Crippen molar-refractivity contribution < 1.29 is 17.6 Å². The first-order valence-electron chi connectivity index (χ1n) is 8.55. The van der Waals surface area contributed by atoms with Crippen molar-refractivity contribution in [2.24, 2.45) is 0 Å². The van der Waals surface area contributed by atoms with E-state index in [9.17, 15) is 17.6 Å². The third-order valence-corrected chi connectivity index (χ3v) is 6.22. The summed E-state index contributed by atoms with van der Waals surface area (Å²) >= 11 is 0. The maximum Gasteiger partial charge on any atom is 0.245 e. The standard InChI is InChI=1S/C17H24FN3O3S/c1-11-9-15(13(18)10-16(11)25(2,23)24)20-14-5-8-21(17(14)22)12-3-6-19-7-4-12/h9-10,12,14,19-20H,3-8H2,1-2H3. The average Bonchev–Trinajstić information content (AvgIpc) is 2.91. The van der Waals surface area contributed by atoms with Crippen molar-refractivity contribution >= 4 is 21.4 Å². The summed E-state index contributed by atoms with van der Waals surface area (Å²) < 4.78 is 37.7. The lowest BCUT2D eigenvalue weighted by Gasteiger charge is -2.31. The molecule has 1 aromatic rings. The topological polar surface area (TPSA) is 78.5 Å². The minimum Gasteiger partial charge on any atom is -0.371 e. The summed E-state index contributed by atoms with van der Waals surface area (Å²) in [6.45, 7) is 4.11. The molecule has 2 aliphatic rings. The van der Waals surface area contributed by atoms with E-state index in [2.05, 4.69) is 10.6 Å². The zero-order valence-electron chi connectivity index (χ0n) is 14.5. The van der Waals surface area contributed by atoms with Crippen molar-refractivity contribution in [2.45, 2.75) is 43.2 Å². The molecule has 1 amide bonds. The highest BCUT2D eigenvalue weighted by Gasteiger charge is 2.36. The molecule has 6 nitrogen and oxygen atoms in total. The van der Waals surface area contributed by atoms with E-state index in [-0.39, 0.29) is 22.5 Å². The van der Waals surface area contributed by atoms with Gasteiger partial charge in [-0.15, -0.1) is 0 Å². The Morgan fingerprint density at radius 2 is 1.92 bits per heavy atom. The van der Waals surface area contributed by atoms with Crippen LogP contribution in [0.1, 0.15) is 24.8 Å². The van der Waals surface area contributed by atoms with Gasteiger partial charge in [0.2, 0.25) is 5.91 Å². The summed E-state index contributed by atoms with van der Waals surface area (Å²) in [5.41, 5.74) is 0.641. The zero-order chi connectivity index (χ0) is 18.2. The van der Waals surface area contributed by atoms with Crippen LogP contribution in [0.25, 0.3) is 0 Å². The predicted octanol–water partition coefficient (Wildman–Crippen LogP) is 1.30. The van der Waals surface area contributed by atoms with Gasteiger partial charge < -0.3 is 15.5 Å². The van der Waals surface area contributed by atoms with E-state index in [1.807, 2.05) is 4.90 Å². The lowest BCUT2D eigenvalue weighted by molar-refractivity contribution is -0.130. The zero-order valence-corrected chi connectivity index (χ0v) is 15.3. The number of benzene rings is 1. The van der Waals surface area contributed by atoms with Gasteiger partial charge in [-0.05, 0) is 57.0 Å². The van der Waals surface area contributed by atoms with E-state index in [0.717, 1.165) is 38.3 Å². The van der Waals surface area contributed by atoms with Crippen LogP contribution in [0.3, 0.4) is 0 Å². The fraction of sp³-hybridized carbons (Fsp3) is 0.588. The smallest absolute Gasteiger partial charge is 0.245 e. The highest BCUT2D eigenvalue weighted by molar-refractivity contribution is 7.90. The number of anilines is 1. The molecule has 1 atom stereocenters. The molecule has 138 valence electrons. The summed E-state index contributed by atoms with van der Waals surface area (Å²) in [6, 6.07) is 2.27. The number of sulfone groups is 1. The molecule has 2 fully saturated rings. The van der Waals surface area contributed by atoms with E-state index in [1.165, 1.54) is 6.07 Å². The number of likely N-dealkylation sites (tertiary alicyclic amines) is 1. The first-order chi connectivity index (χ1) is 11.8. The average molecular weight is 369 g/mol. The maximum absolute atomic E-state index is 14.3. The highest BCUT2D eigenvalue weighted by atomic mass is 32.2. The number of piperidine rings is 1. The SMILES string of the molecule is Cc1cc(NC2CCN(C3CCNCC3)C2=O)c(F)cc1S(C)(=O)=O. The Morgan fingerprint density at radius 1 is 1.24 bits per heavy atom. The first kappa shape index (κ1) is 18.1. The number of rotatable bonds is 4. The van der Waals surface area contributed by atoms with E-state index in [0.29, 0.717) is 18.5 Å². The highest BCUT2D eigenvalue weighted by Crippen LogP contribution is 2.27. The van der Waals surface area contributed by atoms with Gasteiger partial charge in [0.05, 0.1) is 10.6 Å². The molecule has 25 heavy (non-hydrogen) atoms. The van der Waals surface area contributed by atoms with Crippen LogP contribution >= 0.6 is 0 Å². The molecule has 1 aromatic carbocycles. The lowest BCUT2D eigenvalue weighted by Crippen LogP contribution is -2.45. The fourth-order valence-corrected chi connectivity index (χ4v) is 4.64. The minimum atomic E-state index is -3.48. The van der Waals surface area contributed by atoms with Crippen molar-refractivity contribution in [1.29, 1.82) is 0 Å². The molecule has 8 heteroatoms. The molecule has 0 bridgehead atoms. The fourth-order valence-electron chi connectivity index (χ4n) is 3.68. The second-order valence-electron chi connectivity index (χ2n) is 6.87. The summed E-state index contributed by atoms with van der Waals surface area (Å²) in [6.07, 6.45) is 3.55. The quantitative estimate of drug-likeness (QED) is 0.837. The van der Waals surface area contributed by atoms with Gasteiger partial charge in [0.15, 0.2) is 9.84 Å². The van der Waals surface area contributed by atoms with Gasteiger partial charge in [0.1, 0.15) is 11.9 Å². The molecule has 0 saturated carbocycles. The van der Waals surface area contributed by atoms with Crippen LogP contribution in [-0.4, -0.2) is 57.2 Å². The summed E-state index contributed by atoms with van der Waals surface area (Å²) in [5, 5.41) is 6.25. The lowest BCUT2D eigenvalue weighted by atomic mass is 10.1. The number of carbonyl (C=O) groups excluding carboxylic acids is 1. The monoisotopic (exact) mass is 369 g/mol. The van der Waals surface area contributed by atoms with Crippen molar-refractivity contribution in [2.75, 3.05) is 31.2 Å². The number of hydrogen-bond donors (Lipinski definition) is 2. The van der Waals surface area contributed by atoms with Crippen LogP contribution in [0.5, 0.6) is 0 Å². The third kappa shape index (κ3) is 3.79. The van der Waals surface area contributed by atoms with Crippen LogP contribution < -0.4 is 10.6 Å². The second-order valence-corrected chi connectivity index (χ2v) is 8.85. The van der Waals surface area contributed by atoms with Crippen molar-refractivity contribution in [1.82, 2.24) is 10.2 Å². The number of nitrogens with one attached hydrogen (secondary N) is 2. The van der Waals surface area contributed by atoms with Gasteiger partial charge >= 0.3 is 0 Å². The van der Waals surface area contributed by atoms with Gasteiger partial charge in [0.25, 0.3) is 0 Å². The molecule has 0 aliphatic carbocycles. The largest absolute Gasteiger partial charge is 0.371 e. The van der Waals surface area contributed by atoms with Crippen LogP contribution in [0.2, 0.25) is 0 Å². The Labute approximate surface area is 147 Å². The number of aryl methyl sites for hydroxylation is 1. The van der Waals surface area contributed by atoms with Gasteiger partial charge in [0, 0.05) is 18.8 Å². The van der Waals surface area contributed by atoms with E-state index in [1.54, 1.807) is 6.92 Å². The summed E-state index contributed by atoms with van der Waals surface area (Å²) in [4.78, 5) is 14.5. The van der Waals surface area contributed by atoms with Crippen LogP contribution in [0.15, 0.2) is 17.0 Å². The second kappa shape index (κ2) is 6.92. The van der Waals surface area contributed by atoms with E-state index >= 15 is 0 Å². The molecule has 2 heterocycles. The van der Waals surface area contributed by atoms with E-state index < -0.39 is 21.7 Å². The molecule has 1 unspecified atom stereocenters. The number of halogens is 1. The van der Waals surface area contributed by atoms with Gasteiger partial charge in [-0.1, -0.05) is 0 Å². The molecule has 2 saturated heterocycles. The van der Waals surface area contributed by atoms with Crippen molar-refractivity contribution in [3.63, 3.8) is 0 Å². The van der Waals surface area contributed by atoms with Gasteiger partial charge in [-0.2, -0.15) is 0 Å². The molecular formula is C17H24FN3O3S. The normalized spacial score (nSPS) is 22.4. The first-order valence-corrected chi connectivity index (χ1v) is 10.4. The predicted molar refractivity (Wildman–Crippen MR) is 93.9 cm³/mol. The number of hydrogen-bond acceptors (Lipinski definition) is 5. The number of nitrogens with zero attached hydrogens (tertiary/aromatic N) is 1. The van der Waals surface area contributed by atoms with Crippen molar-refractivity contribution in [3.8, 4) is 0 Å². The van der Waals surface area contributed by atoms with E-state index in [4.69, 9.17) is 0 Å². The molecule has 0 spiro atoms.